The minimum Gasteiger partial charge on any atom is -0.459 e. The first-order valence-electron chi connectivity index (χ1n) is 9.33. The zero-order chi connectivity index (χ0) is 19.1. The summed E-state index contributed by atoms with van der Waals surface area (Å²) in [6.07, 6.45) is 5.67. The molecule has 0 aromatic heterocycles. The van der Waals surface area contributed by atoms with Crippen LogP contribution in [0.3, 0.4) is 0 Å². The van der Waals surface area contributed by atoms with Crippen LogP contribution in [0.5, 0.6) is 0 Å². The minimum atomic E-state index is -0.858. The number of carbonyl (C=O) groups excluding carboxylic acids is 1. The molecule has 0 unspecified atom stereocenters. The Morgan fingerprint density at radius 3 is 2.69 bits per heavy atom. The SMILES string of the molecule is C=C1CC[C@@H]2[C@](C)(/C=N/O)[C@H](O)CC[C@@]2(C)[C@@H]1C/C=C1/C(=O)OC[C@H]1O. The van der Waals surface area contributed by atoms with Crippen molar-refractivity contribution in [2.45, 2.75) is 58.2 Å². The number of rotatable bonds is 3. The molecule has 0 bridgehead atoms. The molecule has 0 spiro atoms. The lowest BCUT2D eigenvalue weighted by Gasteiger charge is -2.59. The van der Waals surface area contributed by atoms with Gasteiger partial charge in [-0.2, -0.15) is 0 Å². The molecule has 3 fully saturated rings. The van der Waals surface area contributed by atoms with Crippen LogP contribution in [0.2, 0.25) is 0 Å². The van der Waals surface area contributed by atoms with Crippen LogP contribution in [0, 0.1) is 22.7 Å². The van der Waals surface area contributed by atoms with Gasteiger partial charge in [-0.3, -0.25) is 0 Å². The van der Waals surface area contributed by atoms with Crippen LogP contribution in [0.1, 0.15) is 46.0 Å². The molecule has 0 amide bonds. The highest BCUT2D eigenvalue weighted by Crippen LogP contribution is 2.61. The molecule has 3 N–H and O–H groups in total. The summed E-state index contributed by atoms with van der Waals surface area (Å²) in [5.74, 6) is -0.172. The summed E-state index contributed by atoms with van der Waals surface area (Å²) in [7, 11) is 0. The van der Waals surface area contributed by atoms with E-state index in [-0.39, 0.29) is 23.9 Å². The Labute approximate surface area is 154 Å². The average molecular weight is 363 g/mol. The number of nitrogens with zero attached hydrogens (tertiary/aromatic N) is 1. The zero-order valence-corrected chi connectivity index (χ0v) is 15.5. The lowest BCUT2D eigenvalue weighted by atomic mass is 9.46. The molecule has 26 heavy (non-hydrogen) atoms. The molecular formula is C20H29NO5. The van der Waals surface area contributed by atoms with Gasteiger partial charge in [0.2, 0.25) is 0 Å². The van der Waals surface area contributed by atoms with Gasteiger partial charge in [0.25, 0.3) is 0 Å². The molecule has 2 saturated carbocycles. The molecular weight excluding hydrogens is 334 g/mol. The van der Waals surface area contributed by atoms with Gasteiger partial charge in [-0.05, 0) is 49.4 Å². The van der Waals surface area contributed by atoms with Crippen molar-refractivity contribution in [1.82, 2.24) is 0 Å². The third kappa shape index (κ3) is 2.89. The standard InChI is InChI=1S/C20H29NO5/c1-12-4-7-16-19(2,9-8-17(23)20(16,3)11-21-25)14(12)6-5-13-15(22)10-26-18(13)24/h5,11,14-17,22-23,25H,1,4,6-10H2,2-3H3/b13-5+,21-11+/t14-,15-,16+,17-,19+,20+/m1/s1. The van der Waals surface area contributed by atoms with Crippen LogP contribution in [0.15, 0.2) is 29.0 Å². The molecule has 0 aromatic carbocycles. The van der Waals surface area contributed by atoms with Crippen LogP contribution >= 0.6 is 0 Å². The van der Waals surface area contributed by atoms with E-state index in [9.17, 15) is 15.0 Å². The summed E-state index contributed by atoms with van der Waals surface area (Å²) in [6.45, 7) is 8.47. The number of carbonyl (C=O) groups is 1. The van der Waals surface area contributed by atoms with Crippen molar-refractivity contribution in [3.8, 4) is 0 Å². The largest absolute Gasteiger partial charge is 0.459 e. The van der Waals surface area contributed by atoms with Gasteiger partial charge in [-0.1, -0.05) is 32.1 Å². The fourth-order valence-electron chi connectivity index (χ4n) is 5.57. The van der Waals surface area contributed by atoms with Gasteiger partial charge in [0.05, 0.1) is 17.9 Å². The monoisotopic (exact) mass is 363 g/mol. The van der Waals surface area contributed by atoms with Gasteiger partial charge in [0, 0.05) is 5.41 Å². The Kier molecular flexibility index (Phi) is 5.01. The number of hydrogen-bond acceptors (Lipinski definition) is 6. The number of oxime groups is 1. The molecule has 2 aliphatic carbocycles. The van der Waals surface area contributed by atoms with Gasteiger partial charge in [-0.25, -0.2) is 4.79 Å². The van der Waals surface area contributed by atoms with E-state index in [1.165, 1.54) is 6.21 Å². The third-order valence-corrected chi connectivity index (χ3v) is 7.14. The van der Waals surface area contributed by atoms with Crippen LogP contribution in [-0.2, 0) is 9.53 Å². The summed E-state index contributed by atoms with van der Waals surface area (Å²) >= 11 is 0. The van der Waals surface area contributed by atoms with Crippen molar-refractivity contribution < 1.29 is 25.0 Å². The molecule has 1 heterocycles. The first-order chi connectivity index (χ1) is 12.2. The highest BCUT2D eigenvalue weighted by atomic mass is 16.6. The van der Waals surface area contributed by atoms with Gasteiger partial charge >= 0.3 is 5.97 Å². The molecule has 3 rings (SSSR count). The molecule has 1 aliphatic heterocycles. The number of esters is 1. The van der Waals surface area contributed by atoms with E-state index >= 15 is 0 Å². The number of cyclic esters (lactones) is 1. The fourth-order valence-corrected chi connectivity index (χ4v) is 5.57. The van der Waals surface area contributed by atoms with E-state index in [4.69, 9.17) is 9.94 Å². The third-order valence-electron chi connectivity index (χ3n) is 7.14. The summed E-state index contributed by atoms with van der Waals surface area (Å²) < 4.78 is 4.90. The van der Waals surface area contributed by atoms with Crippen LogP contribution in [-0.4, -0.2) is 46.4 Å². The number of allylic oxidation sites excluding steroid dienone is 2. The normalized spacial score (nSPS) is 45.2. The summed E-state index contributed by atoms with van der Waals surface area (Å²) in [5, 5.41) is 32.9. The molecule has 6 nitrogen and oxygen atoms in total. The van der Waals surface area contributed by atoms with Crippen LogP contribution < -0.4 is 0 Å². The second-order valence-electron chi connectivity index (χ2n) is 8.48. The highest BCUT2D eigenvalue weighted by molar-refractivity contribution is 5.91. The fraction of sp³-hybridized carbons (Fsp3) is 0.700. The maximum absolute atomic E-state index is 11.8. The summed E-state index contributed by atoms with van der Waals surface area (Å²) in [5.41, 5.74) is 0.745. The highest BCUT2D eigenvalue weighted by Gasteiger charge is 2.57. The maximum atomic E-state index is 11.8. The molecule has 6 atom stereocenters. The quantitative estimate of drug-likeness (QED) is 0.179. The van der Waals surface area contributed by atoms with Crippen molar-refractivity contribution in [2.75, 3.05) is 6.61 Å². The topological polar surface area (TPSA) is 99.4 Å². The predicted octanol–water partition coefficient (Wildman–Crippen LogP) is 2.43. The van der Waals surface area contributed by atoms with Crippen LogP contribution in [0.25, 0.3) is 0 Å². The van der Waals surface area contributed by atoms with E-state index in [2.05, 4.69) is 18.7 Å². The van der Waals surface area contributed by atoms with Gasteiger partial charge in [0.1, 0.15) is 12.7 Å². The first kappa shape index (κ1) is 19.1. The smallest absolute Gasteiger partial charge is 0.336 e. The summed E-state index contributed by atoms with van der Waals surface area (Å²) in [4.78, 5) is 11.8. The van der Waals surface area contributed by atoms with Crippen molar-refractivity contribution in [1.29, 1.82) is 0 Å². The Hall–Kier alpha value is -1.66. The van der Waals surface area contributed by atoms with Crippen LogP contribution in [0.4, 0.5) is 0 Å². The van der Waals surface area contributed by atoms with E-state index in [1.54, 1.807) is 6.08 Å². The molecule has 0 aromatic rings. The Balaban J connectivity index is 1.92. The van der Waals surface area contributed by atoms with Crippen molar-refractivity contribution in [3.63, 3.8) is 0 Å². The van der Waals surface area contributed by atoms with Gasteiger partial charge in [-0.15, -0.1) is 5.16 Å². The van der Waals surface area contributed by atoms with E-state index in [1.807, 2.05) is 6.92 Å². The number of fused-ring (bicyclic) bond motifs is 1. The lowest BCUT2D eigenvalue weighted by Crippen LogP contribution is -2.56. The Morgan fingerprint density at radius 1 is 1.35 bits per heavy atom. The average Bonchev–Trinajstić information content (AvgIpc) is 2.90. The number of aliphatic hydroxyl groups is 2. The second-order valence-corrected chi connectivity index (χ2v) is 8.48. The van der Waals surface area contributed by atoms with E-state index in [0.717, 1.165) is 24.8 Å². The van der Waals surface area contributed by atoms with E-state index in [0.29, 0.717) is 18.4 Å². The minimum absolute atomic E-state index is 0.0212. The Bertz CT molecular complexity index is 657. The molecule has 3 aliphatic rings. The first-order valence-corrected chi connectivity index (χ1v) is 9.33. The maximum Gasteiger partial charge on any atom is 0.336 e. The van der Waals surface area contributed by atoms with Gasteiger partial charge < -0.3 is 20.2 Å². The molecule has 6 heteroatoms. The van der Waals surface area contributed by atoms with Crippen molar-refractivity contribution in [3.05, 3.63) is 23.8 Å². The number of ether oxygens (including phenoxy) is 1. The Morgan fingerprint density at radius 2 is 2.08 bits per heavy atom. The molecule has 144 valence electrons. The van der Waals surface area contributed by atoms with E-state index < -0.39 is 23.6 Å². The predicted molar refractivity (Wildman–Crippen MR) is 96.8 cm³/mol. The van der Waals surface area contributed by atoms with Gasteiger partial charge in [0.15, 0.2) is 0 Å². The number of aliphatic hydroxyl groups excluding tert-OH is 2. The summed E-state index contributed by atoms with van der Waals surface area (Å²) in [6, 6.07) is 0. The van der Waals surface area contributed by atoms with Crippen molar-refractivity contribution in [2.24, 2.45) is 27.8 Å². The second kappa shape index (κ2) is 6.82. The zero-order valence-electron chi connectivity index (χ0n) is 15.5. The number of hydrogen-bond donors (Lipinski definition) is 3. The lowest BCUT2D eigenvalue weighted by molar-refractivity contribution is -0.135. The van der Waals surface area contributed by atoms with Crippen molar-refractivity contribution >= 4 is 12.2 Å². The molecule has 1 saturated heterocycles. The molecule has 0 radical (unpaired) electrons.